The SMILES string of the molecule is C=Cc1ccccc1CN(C)C(SC)=[N+](C)C.[Cl-]. The van der Waals surface area contributed by atoms with Crippen LogP contribution in [0.3, 0.4) is 0 Å². The van der Waals surface area contributed by atoms with Gasteiger partial charge >= 0.3 is 5.17 Å². The fourth-order valence-electron chi connectivity index (χ4n) is 1.88. The van der Waals surface area contributed by atoms with Gasteiger partial charge in [0.25, 0.3) is 0 Å². The number of benzene rings is 1. The molecule has 0 aliphatic heterocycles. The highest BCUT2D eigenvalue weighted by Crippen LogP contribution is 2.14. The van der Waals surface area contributed by atoms with Crippen LogP contribution in [-0.4, -0.2) is 42.0 Å². The first-order chi connectivity index (χ1) is 8.10. The van der Waals surface area contributed by atoms with E-state index in [1.165, 1.54) is 16.3 Å². The third-order valence-electron chi connectivity index (χ3n) is 2.57. The van der Waals surface area contributed by atoms with Gasteiger partial charge < -0.3 is 12.4 Å². The van der Waals surface area contributed by atoms with Crippen molar-refractivity contribution < 1.29 is 17.0 Å². The van der Waals surface area contributed by atoms with Crippen LogP contribution in [0.15, 0.2) is 30.8 Å². The first-order valence-corrected chi connectivity index (χ1v) is 6.82. The number of rotatable bonds is 3. The predicted octanol–water partition coefficient (Wildman–Crippen LogP) is -0.243. The van der Waals surface area contributed by atoms with E-state index >= 15 is 0 Å². The van der Waals surface area contributed by atoms with Gasteiger partial charge in [-0.3, -0.25) is 9.48 Å². The normalized spacial score (nSPS) is 9.33. The first kappa shape index (κ1) is 17.1. The van der Waals surface area contributed by atoms with Crippen LogP contribution in [-0.2, 0) is 6.54 Å². The van der Waals surface area contributed by atoms with Gasteiger partial charge in [-0.1, -0.05) is 36.9 Å². The van der Waals surface area contributed by atoms with Gasteiger partial charge in [0.15, 0.2) is 0 Å². The Kier molecular flexibility index (Phi) is 7.80. The van der Waals surface area contributed by atoms with Gasteiger partial charge in [0.05, 0.1) is 21.1 Å². The quantitative estimate of drug-likeness (QED) is 0.429. The molecule has 0 unspecified atom stereocenters. The van der Waals surface area contributed by atoms with E-state index in [1.807, 2.05) is 12.1 Å². The third kappa shape index (κ3) is 4.39. The molecular formula is C14H21ClN2S. The molecule has 0 aliphatic carbocycles. The highest BCUT2D eigenvalue weighted by molar-refractivity contribution is 8.12. The lowest BCUT2D eigenvalue weighted by Gasteiger charge is -2.15. The van der Waals surface area contributed by atoms with E-state index in [2.05, 4.69) is 61.7 Å². The zero-order valence-electron chi connectivity index (χ0n) is 11.5. The number of hydrogen-bond donors (Lipinski definition) is 0. The Morgan fingerprint density at radius 1 is 1.39 bits per heavy atom. The Hall–Kier alpha value is -0.930. The number of halogens is 1. The minimum atomic E-state index is 0. The molecule has 0 fully saturated rings. The predicted molar refractivity (Wildman–Crippen MR) is 78.6 cm³/mol. The molecule has 18 heavy (non-hydrogen) atoms. The van der Waals surface area contributed by atoms with Crippen molar-refractivity contribution in [1.29, 1.82) is 0 Å². The summed E-state index contributed by atoms with van der Waals surface area (Å²) >= 11 is 1.76. The summed E-state index contributed by atoms with van der Waals surface area (Å²) in [5, 5.41) is 1.25. The lowest BCUT2D eigenvalue weighted by Crippen LogP contribution is -3.00. The van der Waals surface area contributed by atoms with Crippen molar-refractivity contribution in [2.45, 2.75) is 6.54 Å². The second-order valence-electron chi connectivity index (χ2n) is 4.14. The average molecular weight is 285 g/mol. The molecule has 0 aromatic heterocycles. The van der Waals surface area contributed by atoms with Crippen LogP contribution in [0.4, 0.5) is 0 Å². The van der Waals surface area contributed by atoms with Crippen molar-refractivity contribution >= 4 is 23.0 Å². The number of hydrogen-bond acceptors (Lipinski definition) is 1. The lowest BCUT2D eigenvalue weighted by atomic mass is 10.1. The summed E-state index contributed by atoms with van der Waals surface area (Å²) in [5.41, 5.74) is 2.51. The molecule has 0 radical (unpaired) electrons. The maximum absolute atomic E-state index is 3.86. The summed E-state index contributed by atoms with van der Waals surface area (Å²) < 4.78 is 2.14. The van der Waals surface area contributed by atoms with Crippen LogP contribution < -0.4 is 12.4 Å². The molecule has 0 heterocycles. The Labute approximate surface area is 121 Å². The summed E-state index contributed by atoms with van der Waals surface area (Å²) in [6.45, 7) is 4.76. The van der Waals surface area contributed by atoms with Gasteiger partial charge in [-0.25, -0.2) is 0 Å². The molecule has 0 saturated heterocycles. The summed E-state index contributed by atoms with van der Waals surface area (Å²) in [6.07, 6.45) is 4.02. The molecule has 100 valence electrons. The second-order valence-corrected chi connectivity index (χ2v) is 4.91. The summed E-state index contributed by atoms with van der Waals surface area (Å²) in [6, 6.07) is 8.38. The fourth-order valence-corrected chi connectivity index (χ4v) is 2.62. The maximum Gasteiger partial charge on any atom is 0.307 e. The van der Waals surface area contributed by atoms with Crippen LogP contribution in [0.5, 0.6) is 0 Å². The van der Waals surface area contributed by atoms with Crippen molar-refractivity contribution in [3.8, 4) is 0 Å². The molecule has 0 atom stereocenters. The second kappa shape index (κ2) is 8.22. The molecule has 1 aromatic carbocycles. The van der Waals surface area contributed by atoms with Crippen LogP contribution in [0.1, 0.15) is 11.1 Å². The molecule has 1 aromatic rings. The van der Waals surface area contributed by atoms with Crippen molar-refractivity contribution in [2.24, 2.45) is 0 Å². The first-order valence-electron chi connectivity index (χ1n) is 5.60. The monoisotopic (exact) mass is 284 g/mol. The maximum atomic E-state index is 3.86. The minimum absolute atomic E-state index is 0. The summed E-state index contributed by atoms with van der Waals surface area (Å²) in [7, 11) is 6.26. The molecule has 0 amide bonds. The van der Waals surface area contributed by atoms with Crippen LogP contribution >= 0.6 is 11.8 Å². The molecular weight excluding hydrogens is 264 g/mol. The largest absolute Gasteiger partial charge is 1.00 e. The molecule has 0 spiro atoms. The molecule has 4 heteroatoms. The minimum Gasteiger partial charge on any atom is -1.00 e. The number of nitrogens with zero attached hydrogens (tertiary/aromatic N) is 2. The Morgan fingerprint density at radius 3 is 2.50 bits per heavy atom. The van der Waals surface area contributed by atoms with Crippen molar-refractivity contribution in [2.75, 3.05) is 27.4 Å². The number of thioether (sulfide) groups is 1. The van der Waals surface area contributed by atoms with Crippen molar-refractivity contribution in [3.63, 3.8) is 0 Å². The van der Waals surface area contributed by atoms with Crippen LogP contribution in [0.2, 0.25) is 0 Å². The van der Waals surface area contributed by atoms with E-state index in [4.69, 9.17) is 0 Å². The van der Waals surface area contributed by atoms with Gasteiger partial charge in [0, 0.05) is 5.56 Å². The Balaban J connectivity index is 0.00000289. The van der Waals surface area contributed by atoms with E-state index in [0.29, 0.717) is 0 Å². The molecule has 0 bridgehead atoms. The van der Waals surface area contributed by atoms with E-state index < -0.39 is 0 Å². The van der Waals surface area contributed by atoms with E-state index in [0.717, 1.165) is 6.54 Å². The smallest absolute Gasteiger partial charge is 0.307 e. The number of amidine groups is 1. The lowest BCUT2D eigenvalue weighted by molar-refractivity contribution is -0.466. The van der Waals surface area contributed by atoms with E-state index in [-0.39, 0.29) is 12.4 Å². The van der Waals surface area contributed by atoms with Crippen molar-refractivity contribution in [1.82, 2.24) is 4.90 Å². The molecule has 0 N–H and O–H groups in total. The van der Waals surface area contributed by atoms with Gasteiger partial charge in [-0.05, 0) is 23.6 Å². The summed E-state index contributed by atoms with van der Waals surface area (Å²) in [5.74, 6) is 0. The zero-order valence-corrected chi connectivity index (χ0v) is 13.1. The molecule has 0 aliphatic rings. The Morgan fingerprint density at radius 2 is 2.00 bits per heavy atom. The van der Waals surface area contributed by atoms with E-state index in [9.17, 15) is 0 Å². The molecule has 2 nitrogen and oxygen atoms in total. The topological polar surface area (TPSA) is 6.25 Å². The standard InChI is InChI=1S/C14H21N2S.ClH/c1-6-12-9-7-8-10-13(12)11-16(4)14(17-5)15(2)3;/h6-10H,1,11H2,2-5H3;1H/q+1;/p-1. The summed E-state index contributed by atoms with van der Waals surface area (Å²) in [4.78, 5) is 2.26. The molecule has 1 rings (SSSR count). The Bertz CT molecular complexity index is 426. The highest BCUT2D eigenvalue weighted by Gasteiger charge is 2.15. The highest BCUT2D eigenvalue weighted by atomic mass is 35.5. The fraction of sp³-hybridized carbons (Fsp3) is 0.357. The van der Waals surface area contributed by atoms with Gasteiger partial charge in [-0.2, -0.15) is 0 Å². The van der Waals surface area contributed by atoms with Crippen LogP contribution in [0, 0.1) is 0 Å². The van der Waals surface area contributed by atoms with Crippen molar-refractivity contribution in [3.05, 3.63) is 42.0 Å². The van der Waals surface area contributed by atoms with Gasteiger partial charge in [0.2, 0.25) is 0 Å². The zero-order chi connectivity index (χ0) is 12.8. The van der Waals surface area contributed by atoms with Gasteiger partial charge in [-0.15, -0.1) is 0 Å². The molecule has 0 saturated carbocycles. The van der Waals surface area contributed by atoms with Gasteiger partial charge in [0.1, 0.15) is 6.54 Å². The van der Waals surface area contributed by atoms with Crippen LogP contribution in [0.25, 0.3) is 6.08 Å². The third-order valence-corrected chi connectivity index (χ3v) is 3.62. The van der Waals surface area contributed by atoms with E-state index in [1.54, 1.807) is 11.8 Å². The average Bonchev–Trinajstić information content (AvgIpc) is 2.30.